The number of rotatable bonds is 2. The van der Waals surface area contributed by atoms with E-state index in [1.807, 2.05) is 12.2 Å². The lowest BCUT2D eigenvalue weighted by atomic mass is 9.96. The van der Waals surface area contributed by atoms with Crippen molar-refractivity contribution in [1.82, 2.24) is 5.32 Å². The molecule has 3 nitrogen and oxygen atoms in total. The zero-order valence-corrected chi connectivity index (χ0v) is 14.3. The van der Waals surface area contributed by atoms with Gasteiger partial charge in [0.05, 0.1) is 11.6 Å². The Hall–Kier alpha value is -2.50. The highest BCUT2D eigenvalue weighted by atomic mass is 19.4. The molecule has 0 radical (unpaired) electrons. The van der Waals surface area contributed by atoms with Crippen LogP contribution in [0.25, 0.3) is 0 Å². The molecule has 1 atom stereocenters. The molecule has 0 spiro atoms. The number of urea groups is 1. The molecule has 0 bridgehead atoms. The Labute approximate surface area is 150 Å². The van der Waals surface area contributed by atoms with Crippen LogP contribution < -0.4 is 10.6 Å². The Morgan fingerprint density at radius 1 is 1.12 bits per heavy atom. The van der Waals surface area contributed by atoms with Crippen LogP contribution in [0.3, 0.4) is 0 Å². The minimum absolute atomic E-state index is 0.0963. The molecule has 2 N–H and O–H groups in total. The number of benzene rings is 1. The first-order valence-electron chi connectivity index (χ1n) is 8.74. The van der Waals surface area contributed by atoms with Crippen LogP contribution in [0.4, 0.5) is 23.7 Å². The van der Waals surface area contributed by atoms with Crippen molar-refractivity contribution >= 4 is 11.7 Å². The minimum Gasteiger partial charge on any atom is -0.331 e. The third kappa shape index (κ3) is 4.56. The molecule has 2 aliphatic carbocycles. The molecule has 6 heteroatoms. The molecule has 0 aromatic heterocycles. The molecule has 1 unspecified atom stereocenters. The van der Waals surface area contributed by atoms with E-state index >= 15 is 0 Å². The summed E-state index contributed by atoms with van der Waals surface area (Å²) in [6, 6.07) is 3.93. The molecule has 1 aromatic carbocycles. The molecule has 0 heterocycles. The third-order valence-electron chi connectivity index (χ3n) is 4.62. The number of anilines is 1. The number of carbonyl (C=O) groups excluding carboxylic acids is 1. The van der Waals surface area contributed by atoms with E-state index in [0.717, 1.165) is 49.8 Å². The van der Waals surface area contributed by atoms with Crippen LogP contribution in [0.2, 0.25) is 0 Å². The Morgan fingerprint density at radius 2 is 1.88 bits per heavy atom. The average Bonchev–Trinajstić information content (AvgIpc) is 2.91. The highest BCUT2D eigenvalue weighted by molar-refractivity contribution is 5.89. The number of fused-ring (bicyclic) bond motifs is 1. The fraction of sp³-hybridized carbons (Fsp3) is 0.350. The van der Waals surface area contributed by atoms with Crippen LogP contribution in [0, 0.1) is 0 Å². The smallest absolute Gasteiger partial charge is 0.331 e. The monoisotopic (exact) mass is 362 g/mol. The van der Waals surface area contributed by atoms with Crippen molar-refractivity contribution in [3.8, 4) is 0 Å². The molecule has 1 fully saturated rings. The Balaban J connectivity index is 1.67. The maximum absolute atomic E-state index is 12.6. The Kier molecular flexibility index (Phi) is 5.49. The van der Waals surface area contributed by atoms with E-state index in [4.69, 9.17) is 0 Å². The quantitative estimate of drug-likeness (QED) is 0.708. The molecule has 3 rings (SSSR count). The second-order valence-corrected chi connectivity index (χ2v) is 6.49. The summed E-state index contributed by atoms with van der Waals surface area (Å²) >= 11 is 0. The molecule has 0 saturated heterocycles. The first kappa shape index (κ1) is 18.3. The SMILES string of the molecule is O=C(Nc1ccc(C(F)(F)F)cc1)NC1CCCCC2=CCC=CC=C21. The summed E-state index contributed by atoms with van der Waals surface area (Å²) in [4.78, 5) is 12.3. The number of hydrogen-bond acceptors (Lipinski definition) is 1. The van der Waals surface area contributed by atoms with Gasteiger partial charge in [-0.25, -0.2) is 4.79 Å². The summed E-state index contributed by atoms with van der Waals surface area (Å²) in [5.74, 6) is 0. The van der Waals surface area contributed by atoms with Crippen LogP contribution in [0.5, 0.6) is 0 Å². The van der Waals surface area contributed by atoms with Crippen molar-refractivity contribution in [2.45, 2.75) is 44.3 Å². The maximum atomic E-state index is 12.6. The van der Waals surface area contributed by atoms with Gasteiger partial charge in [0.15, 0.2) is 0 Å². The molecule has 0 aliphatic heterocycles. The van der Waals surface area contributed by atoms with Gasteiger partial charge in [-0.3, -0.25) is 0 Å². The summed E-state index contributed by atoms with van der Waals surface area (Å²) in [6.07, 6.45) is 8.79. The van der Waals surface area contributed by atoms with E-state index < -0.39 is 17.8 Å². The van der Waals surface area contributed by atoms with Gasteiger partial charge in [0, 0.05) is 5.69 Å². The molecule has 1 saturated carbocycles. The van der Waals surface area contributed by atoms with E-state index in [2.05, 4.69) is 22.8 Å². The fourth-order valence-electron chi connectivity index (χ4n) is 3.31. The summed E-state index contributed by atoms with van der Waals surface area (Å²) < 4.78 is 37.8. The second-order valence-electron chi connectivity index (χ2n) is 6.49. The number of hydrogen-bond donors (Lipinski definition) is 2. The predicted octanol–water partition coefficient (Wildman–Crippen LogP) is 5.58. The zero-order valence-electron chi connectivity index (χ0n) is 14.3. The van der Waals surface area contributed by atoms with Crippen LogP contribution in [0.15, 0.2) is 59.7 Å². The average molecular weight is 362 g/mol. The van der Waals surface area contributed by atoms with E-state index in [9.17, 15) is 18.0 Å². The van der Waals surface area contributed by atoms with Gasteiger partial charge in [-0.1, -0.05) is 30.7 Å². The van der Waals surface area contributed by atoms with Gasteiger partial charge in [-0.2, -0.15) is 13.2 Å². The van der Waals surface area contributed by atoms with Gasteiger partial charge >= 0.3 is 12.2 Å². The number of allylic oxidation sites excluding steroid dienone is 4. The Bertz CT molecular complexity index is 745. The number of carbonyl (C=O) groups is 1. The molecular weight excluding hydrogens is 341 g/mol. The normalized spacial score (nSPS) is 20.2. The number of nitrogens with one attached hydrogen (secondary N) is 2. The van der Waals surface area contributed by atoms with Gasteiger partial charge < -0.3 is 10.6 Å². The largest absolute Gasteiger partial charge is 0.416 e. The van der Waals surface area contributed by atoms with E-state index in [0.29, 0.717) is 5.69 Å². The number of halogens is 3. The highest BCUT2D eigenvalue weighted by Gasteiger charge is 2.30. The van der Waals surface area contributed by atoms with Gasteiger partial charge in [0.2, 0.25) is 0 Å². The van der Waals surface area contributed by atoms with Crippen LogP contribution >= 0.6 is 0 Å². The second kappa shape index (κ2) is 7.81. The van der Waals surface area contributed by atoms with Crippen molar-refractivity contribution < 1.29 is 18.0 Å². The van der Waals surface area contributed by atoms with E-state index in [-0.39, 0.29) is 6.04 Å². The van der Waals surface area contributed by atoms with Crippen molar-refractivity contribution in [1.29, 1.82) is 0 Å². The van der Waals surface area contributed by atoms with Gasteiger partial charge in [0.25, 0.3) is 0 Å². The van der Waals surface area contributed by atoms with E-state index in [1.54, 1.807) is 0 Å². The Morgan fingerprint density at radius 3 is 2.62 bits per heavy atom. The minimum atomic E-state index is -4.39. The van der Waals surface area contributed by atoms with Gasteiger partial charge in [0.1, 0.15) is 0 Å². The van der Waals surface area contributed by atoms with Crippen molar-refractivity contribution in [2.75, 3.05) is 5.32 Å². The van der Waals surface area contributed by atoms with Crippen LogP contribution in [-0.2, 0) is 6.18 Å². The first-order chi connectivity index (χ1) is 12.4. The van der Waals surface area contributed by atoms with Crippen LogP contribution in [0.1, 0.15) is 37.7 Å². The van der Waals surface area contributed by atoms with Gasteiger partial charge in [-0.15, -0.1) is 0 Å². The standard InChI is InChI=1S/C20H21F3N2O/c21-20(22,23)15-10-12-16(13-11-15)24-19(26)25-18-9-5-4-7-14-6-2-1-3-8-17(14)18/h1,3,6,8,10-13,18H,2,4-5,7,9H2,(H2,24,25,26). The lowest BCUT2D eigenvalue weighted by Gasteiger charge is -2.21. The van der Waals surface area contributed by atoms with Crippen molar-refractivity contribution in [3.05, 3.63) is 65.3 Å². The highest BCUT2D eigenvalue weighted by Crippen LogP contribution is 2.31. The lowest BCUT2D eigenvalue weighted by Crippen LogP contribution is -2.39. The molecule has 138 valence electrons. The summed E-state index contributed by atoms with van der Waals surface area (Å²) in [6.45, 7) is 0. The number of alkyl halides is 3. The van der Waals surface area contributed by atoms with Crippen LogP contribution in [-0.4, -0.2) is 12.1 Å². The van der Waals surface area contributed by atoms with E-state index in [1.165, 1.54) is 17.7 Å². The molecule has 2 aliphatic rings. The zero-order chi connectivity index (χ0) is 18.6. The molecular formula is C20H21F3N2O. The molecule has 1 aromatic rings. The fourth-order valence-corrected chi connectivity index (χ4v) is 3.31. The lowest BCUT2D eigenvalue weighted by molar-refractivity contribution is -0.137. The third-order valence-corrected chi connectivity index (χ3v) is 4.62. The summed E-state index contributed by atoms with van der Waals surface area (Å²) in [5, 5.41) is 5.58. The number of amides is 2. The van der Waals surface area contributed by atoms with Crippen molar-refractivity contribution in [3.63, 3.8) is 0 Å². The molecule has 26 heavy (non-hydrogen) atoms. The maximum Gasteiger partial charge on any atom is 0.416 e. The first-order valence-corrected chi connectivity index (χ1v) is 8.74. The summed E-state index contributed by atoms with van der Waals surface area (Å²) in [7, 11) is 0. The van der Waals surface area contributed by atoms with Gasteiger partial charge in [-0.05, 0) is 61.1 Å². The topological polar surface area (TPSA) is 41.1 Å². The molecule has 2 amide bonds. The summed E-state index contributed by atoms with van der Waals surface area (Å²) in [5.41, 5.74) is 1.98. The van der Waals surface area contributed by atoms with Crippen molar-refractivity contribution in [2.24, 2.45) is 0 Å². The predicted molar refractivity (Wildman–Crippen MR) is 95.8 cm³/mol.